The van der Waals surface area contributed by atoms with Crippen LogP contribution in [0.1, 0.15) is 17.2 Å². The summed E-state index contributed by atoms with van der Waals surface area (Å²) >= 11 is 10.6. The highest BCUT2D eigenvalue weighted by molar-refractivity contribution is 7.75. The molecule has 0 bridgehead atoms. The highest BCUT2D eigenvalue weighted by atomic mass is 35.5. The molecule has 1 saturated heterocycles. The van der Waals surface area contributed by atoms with Crippen LogP contribution in [0.15, 0.2) is 61.2 Å². The number of rotatable bonds is 4. The first-order valence-corrected chi connectivity index (χ1v) is 9.45. The fraction of sp³-hybridized carbons (Fsp3) is 0.176. The molecule has 3 atom stereocenters. The van der Waals surface area contributed by atoms with Gasteiger partial charge in [0.2, 0.25) is 0 Å². The minimum absolute atomic E-state index is 0.208. The molecular weight excluding hydrogens is 397 g/mol. The Morgan fingerprint density at radius 1 is 1.19 bits per heavy atom. The minimum atomic E-state index is -1.95. The van der Waals surface area contributed by atoms with Gasteiger partial charge in [-0.25, -0.2) is 9.67 Å². The molecule has 1 aliphatic rings. The van der Waals surface area contributed by atoms with Crippen LogP contribution in [0.25, 0.3) is 0 Å². The highest BCUT2D eigenvalue weighted by Crippen LogP contribution is 2.50. The molecule has 0 saturated carbocycles. The lowest BCUT2D eigenvalue weighted by Crippen LogP contribution is -2.37. The maximum Gasteiger partial charge on any atom is 0.306 e. The van der Waals surface area contributed by atoms with Crippen molar-refractivity contribution in [1.82, 2.24) is 14.8 Å². The highest BCUT2D eigenvalue weighted by Gasteiger charge is 2.53. The van der Waals surface area contributed by atoms with E-state index in [4.69, 9.17) is 31.6 Å². The number of aromatic nitrogens is 3. The van der Waals surface area contributed by atoms with Crippen molar-refractivity contribution in [2.75, 3.05) is 0 Å². The van der Waals surface area contributed by atoms with Crippen LogP contribution in [0.3, 0.4) is 0 Å². The smallest absolute Gasteiger partial charge is 0.257 e. The third kappa shape index (κ3) is 3.17. The molecule has 1 aliphatic heterocycles. The zero-order chi connectivity index (χ0) is 18.1. The molecule has 26 heavy (non-hydrogen) atoms. The van der Waals surface area contributed by atoms with E-state index >= 15 is 0 Å². The van der Waals surface area contributed by atoms with Crippen molar-refractivity contribution in [1.29, 1.82) is 0 Å². The normalized spacial score (nSPS) is 25.5. The molecule has 6 nitrogen and oxygen atoms in total. The van der Waals surface area contributed by atoms with Gasteiger partial charge in [0, 0.05) is 15.6 Å². The summed E-state index contributed by atoms with van der Waals surface area (Å²) in [6, 6.07) is 14.5. The van der Waals surface area contributed by atoms with E-state index in [1.165, 1.54) is 6.33 Å². The first-order chi connectivity index (χ1) is 12.6. The van der Waals surface area contributed by atoms with Gasteiger partial charge in [-0.3, -0.25) is 8.37 Å². The van der Waals surface area contributed by atoms with Crippen molar-refractivity contribution in [3.05, 3.63) is 82.4 Å². The number of hydrogen-bond acceptors (Lipinski definition) is 5. The molecule has 3 aromatic rings. The molecule has 0 N–H and O–H groups in total. The van der Waals surface area contributed by atoms with Crippen LogP contribution in [-0.4, -0.2) is 19.0 Å². The zero-order valence-electron chi connectivity index (χ0n) is 13.3. The van der Waals surface area contributed by atoms with Crippen molar-refractivity contribution < 1.29 is 12.6 Å². The predicted octanol–water partition coefficient (Wildman–Crippen LogP) is 3.85. The van der Waals surface area contributed by atoms with Crippen molar-refractivity contribution in [3.63, 3.8) is 0 Å². The van der Waals surface area contributed by atoms with Gasteiger partial charge in [-0.2, -0.15) is 9.31 Å². The van der Waals surface area contributed by atoms with Crippen molar-refractivity contribution in [2.24, 2.45) is 0 Å². The summed E-state index contributed by atoms with van der Waals surface area (Å²) in [5.74, 6) is 0. The second-order valence-corrected chi connectivity index (χ2v) is 7.39. The Morgan fingerprint density at radius 2 is 2.00 bits per heavy atom. The molecule has 1 aromatic heterocycles. The summed E-state index contributed by atoms with van der Waals surface area (Å²) in [4.78, 5) is 3.97. The second-order valence-electron chi connectivity index (χ2n) is 5.78. The Morgan fingerprint density at radius 3 is 2.69 bits per heavy atom. The van der Waals surface area contributed by atoms with Crippen LogP contribution < -0.4 is 0 Å². The lowest BCUT2D eigenvalue weighted by atomic mass is 9.84. The fourth-order valence-electron chi connectivity index (χ4n) is 3.06. The predicted molar refractivity (Wildman–Crippen MR) is 97.7 cm³/mol. The van der Waals surface area contributed by atoms with Crippen LogP contribution >= 0.6 is 23.2 Å². The fourth-order valence-corrected chi connectivity index (χ4v) is 4.57. The lowest BCUT2D eigenvalue weighted by Gasteiger charge is -2.32. The van der Waals surface area contributed by atoms with Crippen LogP contribution in [0, 0.1) is 0 Å². The maximum absolute atomic E-state index is 12.3. The van der Waals surface area contributed by atoms with Gasteiger partial charge >= 0.3 is 11.4 Å². The van der Waals surface area contributed by atoms with Crippen LogP contribution in [0.5, 0.6) is 0 Å². The second kappa shape index (κ2) is 7.09. The molecule has 1 fully saturated rings. The molecule has 0 amide bonds. The number of benzene rings is 2. The first kappa shape index (κ1) is 17.6. The van der Waals surface area contributed by atoms with Gasteiger partial charge in [-0.05, 0) is 17.7 Å². The Hall–Kier alpha value is -1.77. The maximum atomic E-state index is 12.3. The third-order valence-corrected chi connectivity index (χ3v) is 5.50. The Labute approximate surface area is 162 Å². The van der Waals surface area contributed by atoms with Gasteiger partial charge < -0.3 is 0 Å². The van der Waals surface area contributed by atoms with E-state index in [1.807, 2.05) is 30.3 Å². The first-order valence-electron chi connectivity index (χ1n) is 7.70. The average Bonchev–Trinajstić information content (AvgIpc) is 3.24. The van der Waals surface area contributed by atoms with E-state index in [9.17, 15) is 4.21 Å². The summed E-state index contributed by atoms with van der Waals surface area (Å²) < 4.78 is 25.3. The quantitative estimate of drug-likeness (QED) is 0.654. The standard InChI is InChI=1S/C17H13Cl2N3O3S/c18-13-6-7-14(15(19)8-13)17(9-22-11-20-10-21-22)16(24-26(23)25-17)12-4-2-1-3-5-12/h1-8,10-11,16H,9H2/t16-,17+,26?/m1/s1. The molecule has 2 aromatic carbocycles. The van der Waals surface area contributed by atoms with E-state index < -0.39 is 23.1 Å². The molecule has 1 unspecified atom stereocenters. The summed E-state index contributed by atoms with van der Waals surface area (Å²) in [6.45, 7) is 0.208. The summed E-state index contributed by atoms with van der Waals surface area (Å²) in [5, 5.41) is 5.03. The molecular formula is C17H13Cl2N3O3S. The molecule has 2 heterocycles. The van der Waals surface area contributed by atoms with E-state index in [1.54, 1.807) is 29.2 Å². The minimum Gasteiger partial charge on any atom is -0.257 e. The van der Waals surface area contributed by atoms with Gasteiger partial charge in [0.05, 0.1) is 6.54 Å². The monoisotopic (exact) mass is 409 g/mol. The van der Waals surface area contributed by atoms with Crippen LogP contribution in [0.4, 0.5) is 0 Å². The zero-order valence-corrected chi connectivity index (χ0v) is 15.6. The van der Waals surface area contributed by atoms with Gasteiger partial charge in [-0.1, -0.05) is 59.6 Å². The van der Waals surface area contributed by atoms with E-state index in [0.717, 1.165) is 5.56 Å². The van der Waals surface area contributed by atoms with Crippen molar-refractivity contribution in [2.45, 2.75) is 18.2 Å². The van der Waals surface area contributed by atoms with E-state index in [-0.39, 0.29) is 6.54 Å². The van der Waals surface area contributed by atoms with Crippen LogP contribution in [-0.2, 0) is 31.9 Å². The number of halogens is 2. The third-order valence-electron chi connectivity index (χ3n) is 4.17. The summed E-state index contributed by atoms with van der Waals surface area (Å²) in [6.07, 6.45) is 2.31. The van der Waals surface area contributed by atoms with Gasteiger partial charge in [0.25, 0.3) is 0 Å². The molecule has 9 heteroatoms. The van der Waals surface area contributed by atoms with E-state index in [2.05, 4.69) is 10.1 Å². The van der Waals surface area contributed by atoms with Crippen molar-refractivity contribution in [3.8, 4) is 0 Å². The number of nitrogens with zero attached hydrogens (tertiary/aromatic N) is 3. The van der Waals surface area contributed by atoms with Gasteiger partial charge in [-0.15, -0.1) is 0 Å². The average molecular weight is 410 g/mol. The lowest BCUT2D eigenvalue weighted by molar-refractivity contribution is 0.0124. The topological polar surface area (TPSA) is 66.2 Å². The van der Waals surface area contributed by atoms with E-state index in [0.29, 0.717) is 15.6 Å². The van der Waals surface area contributed by atoms with Gasteiger partial charge in [0.1, 0.15) is 18.8 Å². The summed E-state index contributed by atoms with van der Waals surface area (Å²) in [5.41, 5.74) is 0.255. The Kier molecular flexibility index (Phi) is 4.81. The van der Waals surface area contributed by atoms with Crippen LogP contribution in [0.2, 0.25) is 10.0 Å². The van der Waals surface area contributed by atoms with Crippen molar-refractivity contribution >= 4 is 34.6 Å². The Balaban J connectivity index is 1.90. The molecule has 0 spiro atoms. The molecule has 134 valence electrons. The SMILES string of the molecule is O=S1O[C@H](c2ccccc2)[C@](Cn2cncn2)(c2ccc(Cl)cc2Cl)O1. The van der Waals surface area contributed by atoms with Gasteiger partial charge in [0.15, 0.2) is 5.60 Å². The Bertz CT molecular complexity index is 940. The number of hydrogen-bond donors (Lipinski definition) is 0. The molecule has 0 radical (unpaired) electrons. The largest absolute Gasteiger partial charge is 0.306 e. The summed E-state index contributed by atoms with van der Waals surface area (Å²) in [7, 11) is 0. The molecule has 4 rings (SSSR count). The molecule has 0 aliphatic carbocycles.